The summed E-state index contributed by atoms with van der Waals surface area (Å²) in [7, 11) is 0. The molecule has 0 saturated heterocycles. The Morgan fingerprint density at radius 2 is 1.91 bits per heavy atom. The molecule has 114 valence electrons. The normalized spacial score (nSPS) is 10.1. The van der Waals surface area contributed by atoms with Crippen LogP contribution in [0.15, 0.2) is 36.5 Å². The number of esters is 1. The lowest BCUT2D eigenvalue weighted by Crippen LogP contribution is -2.21. The van der Waals surface area contributed by atoms with Crippen LogP contribution < -0.4 is 5.32 Å². The summed E-state index contributed by atoms with van der Waals surface area (Å²) in [6.07, 6.45) is 1.23. The van der Waals surface area contributed by atoms with Gasteiger partial charge in [0.25, 0.3) is 5.91 Å². The Hall–Kier alpha value is -2.11. The largest absolute Gasteiger partial charge is 0.452 e. The second-order valence-corrected chi connectivity index (χ2v) is 5.25. The first kappa shape index (κ1) is 16.3. The molecule has 0 aliphatic carbocycles. The number of hydrogen-bond donors (Lipinski definition) is 1. The van der Waals surface area contributed by atoms with Crippen LogP contribution in [0.3, 0.4) is 0 Å². The van der Waals surface area contributed by atoms with Crippen LogP contribution in [0.1, 0.15) is 15.9 Å². The topological polar surface area (TPSA) is 68.3 Å². The van der Waals surface area contributed by atoms with E-state index in [0.29, 0.717) is 5.69 Å². The van der Waals surface area contributed by atoms with E-state index in [1.54, 1.807) is 12.1 Å². The van der Waals surface area contributed by atoms with Gasteiger partial charge in [-0.1, -0.05) is 40.9 Å². The van der Waals surface area contributed by atoms with Gasteiger partial charge in [-0.25, -0.2) is 9.78 Å². The van der Waals surface area contributed by atoms with Crippen LogP contribution in [0.4, 0.5) is 5.69 Å². The second kappa shape index (κ2) is 7.24. The number of amides is 1. The number of aromatic nitrogens is 1. The predicted molar refractivity (Wildman–Crippen MR) is 84.3 cm³/mol. The number of halogens is 2. The Morgan fingerprint density at radius 3 is 2.55 bits per heavy atom. The molecule has 1 aromatic carbocycles. The lowest BCUT2D eigenvalue weighted by Gasteiger charge is -2.07. The molecule has 22 heavy (non-hydrogen) atoms. The van der Waals surface area contributed by atoms with E-state index < -0.39 is 18.5 Å². The summed E-state index contributed by atoms with van der Waals surface area (Å²) in [5, 5.41) is 2.85. The smallest absolute Gasteiger partial charge is 0.340 e. The van der Waals surface area contributed by atoms with E-state index in [4.69, 9.17) is 27.9 Å². The first-order chi connectivity index (χ1) is 10.5. The molecule has 0 bridgehead atoms. The van der Waals surface area contributed by atoms with Gasteiger partial charge in [0.2, 0.25) is 0 Å². The van der Waals surface area contributed by atoms with Crippen molar-refractivity contribution >= 4 is 40.8 Å². The third-order valence-electron chi connectivity index (χ3n) is 2.70. The number of rotatable bonds is 4. The van der Waals surface area contributed by atoms with Gasteiger partial charge in [0.15, 0.2) is 6.61 Å². The fourth-order valence-electron chi connectivity index (χ4n) is 1.58. The van der Waals surface area contributed by atoms with E-state index >= 15 is 0 Å². The maximum Gasteiger partial charge on any atom is 0.340 e. The lowest BCUT2D eigenvalue weighted by atomic mass is 10.2. The van der Waals surface area contributed by atoms with Crippen LogP contribution in [0.25, 0.3) is 0 Å². The number of anilines is 1. The highest BCUT2D eigenvalue weighted by molar-refractivity contribution is 6.41. The maximum atomic E-state index is 11.8. The van der Waals surface area contributed by atoms with E-state index in [9.17, 15) is 9.59 Å². The number of ether oxygens (including phenoxy) is 1. The fourth-order valence-corrected chi connectivity index (χ4v) is 1.85. The van der Waals surface area contributed by atoms with Crippen LogP contribution in [-0.4, -0.2) is 23.5 Å². The predicted octanol–water partition coefficient (Wildman–Crippen LogP) is 3.49. The molecule has 2 aromatic rings. The van der Waals surface area contributed by atoms with Crippen molar-refractivity contribution in [3.8, 4) is 0 Å². The zero-order valence-electron chi connectivity index (χ0n) is 11.6. The minimum atomic E-state index is -0.704. The third-order valence-corrected chi connectivity index (χ3v) is 3.39. The van der Waals surface area contributed by atoms with Gasteiger partial charge >= 0.3 is 5.97 Å². The molecular formula is C15H12Cl2N2O3. The van der Waals surface area contributed by atoms with Crippen LogP contribution in [0.2, 0.25) is 10.2 Å². The van der Waals surface area contributed by atoms with Crippen molar-refractivity contribution in [3.63, 3.8) is 0 Å². The Bertz CT molecular complexity index is 702. The number of nitrogens with zero attached hydrogens (tertiary/aromatic N) is 1. The third kappa shape index (κ3) is 4.44. The quantitative estimate of drug-likeness (QED) is 0.684. The molecule has 0 fully saturated rings. The highest BCUT2D eigenvalue weighted by Gasteiger charge is 2.12. The molecule has 7 heteroatoms. The Morgan fingerprint density at radius 1 is 1.23 bits per heavy atom. The van der Waals surface area contributed by atoms with Crippen LogP contribution in [0.5, 0.6) is 0 Å². The van der Waals surface area contributed by atoms with Crippen molar-refractivity contribution in [1.82, 2.24) is 4.98 Å². The minimum absolute atomic E-state index is 0.0929. The highest BCUT2D eigenvalue weighted by atomic mass is 35.5. The Labute approximate surface area is 137 Å². The molecule has 1 heterocycles. The van der Waals surface area contributed by atoms with Gasteiger partial charge in [-0.05, 0) is 25.1 Å². The molecule has 0 saturated carbocycles. The summed E-state index contributed by atoms with van der Waals surface area (Å²) in [5.41, 5.74) is 1.83. The summed E-state index contributed by atoms with van der Waals surface area (Å²) in [6, 6.07) is 8.58. The minimum Gasteiger partial charge on any atom is -0.452 e. The van der Waals surface area contributed by atoms with Crippen molar-refractivity contribution in [1.29, 1.82) is 0 Å². The summed E-state index contributed by atoms with van der Waals surface area (Å²) in [5.74, 6) is -1.14. The fraction of sp³-hybridized carbons (Fsp3) is 0.133. The number of aryl methyl sites for hydroxylation is 1. The summed E-state index contributed by atoms with van der Waals surface area (Å²) in [6.45, 7) is 1.53. The van der Waals surface area contributed by atoms with Gasteiger partial charge in [-0.2, -0.15) is 0 Å². The number of nitrogens with one attached hydrogen (secondary N) is 1. The molecule has 0 radical (unpaired) electrons. The molecule has 1 amide bonds. The molecule has 0 unspecified atom stereocenters. The molecule has 2 rings (SSSR count). The van der Waals surface area contributed by atoms with E-state index in [1.165, 1.54) is 12.3 Å². The van der Waals surface area contributed by atoms with Crippen LogP contribution in [0, 0.1) is 6.92 Å². The highest BCUT2D eigenvalue weighted by Crippen LogP contribution is 2.20. The molecule has 5 nitrogen and oxygen atoms in total. The maximum absolute atomic E-state index is 11.8. The molecule has 1 N–H and O–H groups in total. The van der Waals surface area contributed by atoms with Crippen molar-refractivity contribution in [3.05, 3.63) is 57.8 Å². The summed E-state index contributed by atoms with van der Waals surface area (Å²) in [4.78, 5) is 27.2. The van der Waals surface area contributed by atoms with Gasteiger partial charge in [0.1, 0.15) is 5.15 Å². The van der Waals surface area contributed by atoms with E-state index in [0.717, 1.165) is 5.56 Å². The average molecular weight is 339 g/mol. The van der Waals surface area contributed by atoms with Gasteiger partial charge in [-0.15, -0.1) is 0 Å². The summed E-state index contributed by atoms with van der Waals surface area (Å²) >= 11 is 11.4. The standard InChI is InChI=1S/C15H12Cl2N2O3/c1-9-2-4-11(5-3-9)19-13(20)8-22-15(21)10-6-12(16)14(17)18-7-10/h2-7H,8H2,1H3,(H,19,20). The zero-order chi connectivity index (χ0) is 16.1. The molecule has 0 spiro atoms. The van der Waals surface area contributed by atoms with E-state index in [1.807, 2.05) is 19.1 Å². The number of pyridine rings is 1. The molecule has 0 aliphatic rings. The number of carbonyl (C=O) groups excluding carboxylic acids is 2. The van der Waals surface area contributed by atoms with Crippen molar-refractivity contribution in [2.24, 2.45) is 0 Å². The number of hydrogen-bond acceptors (Lipinski definition) is 4. The second-order valence-electron chi connectivity index (χ2n) is 4.49. The number of benzene rings is 1. The van der Waals surface area contributed by atoms with Gasteiger partial charge < -0.3 is 10.1 Å². The lowest BCUT2D eigenvalue weighted by molar-refractivity contribution is -0.119. The molecule has 1 aromatic heterocycles. The molecular weight excluding hydrogens is 327 g/mol. The summed E-state index contributed by atoms with van der Waals surface area (Å²) < 4.78 is 4.89. The van der Waals surface area contributed by atoms with Gasteiger partial charge in [0, 0.05) is 11.9 Å². The SMILES string of the molecule is Cc1ccc(NC(=O)COC(=O)c2cnc(Cl)c(Cl)c2)cc1. The Balaban J connectivity index is 1.88. The van der Waals surface area contributed by atoms with E-state index in [-0.39, 0.29) is 15.7 Å². The van der Waals surface area contributed by atoms with Crippen molar-refractivity contribution in [2.45, 2.75) is 6.92 Å². The zero-order valence-corrected chi connectivity index (χ0v) is 13.1. The van der Waals surface area contributed by atoms with Crippen LogP contribution in [-0.2, 0) is 9.53 Å². The molecule has 0 atom stereocenters. The van der Waals surface area contributed by atoms with Gasteiger partial charge in [-0.3, -0.25) is 4.79 Å². The Kier molecular flexibility index (Phi) is 5.35. The van der Waals surface area contributed by atoms with Crippen molar-refractivity contribution in [2.75, 3.05) is 11.9 Å². The first-order valence-corrected chi connectivity index (χ1v) is 7.06. The monoisotopic (exact) mass is 338 g/mol. The average Bonchev–Trinajstić information content (AvgIpc) is 2.50. The first-order valence-electron chi connectivity index (χ1n) is 6.30. The van der Waals surface area contributed by atoms with E-state index in [2.05, 4.69) is 10.3 Å². The van der Waals surface area contributed by atoms with Crippen LogP contribution >= 0.6 is 23.2 Å². The van der Waals surface area contributed by atoms with Gasteiger partial charge in [0.05, 0.1) is 10.6 Å². The number of carbonyl (C=O) groups is 2. The van der Waals surface area contributed by atoms with Crippen molar-refractivity contribution < 1.29 is 14.3 Å². The molecule has 0 aliphatic heterocycles.